The number of fused-ring (bicyclic) bond motifs is 3. The predicted octanol–water partition coefficient (Wildman–Crippen LogP) is 4.53. The quantitative estimate of drug-likeness (QED) is 0.0755. The van der Waals surface area contributed by atoms with Gasteiger partial charge in [0.05, 0.1) is 74.1 Å². The fraction of sp³-hybridized carbons (Fsp3) is 0.435. The molecule has 5 aliphatic rings. The van der Waals surface area contributed by atoms with E-state index in [1.165, 1.54) is 17.1 Å². The van der Waals surface area contributed by atoms with E-state index < -0.39 is 35.2 Å². The number of nitrogens with zero attached hydrogens (tertiary/aromatic N) is 7. The Hall–Kier alpha value is -5.86. The van der Waals surface area contributed by atoms with Crippen LogP contribution >= 0.6 is 22.1 Å². The third-order valence-corrected chi connectivity index (χ3v) is 14.7. The molecule has 1 saturated heterocycles. The van der Waals surface area contributed by atoms with Crippen LogP contribution in [0.5, 0.6) is 11.5 Å². The van der Waals surface area contributed by atoms with E-state index in [0.717, 1.165) is 39.0 Å². The van der Waals surface area contributed by atoms with E-state index in [2.05, 4.69) is 43.7 Å². The van der Waals surface area contributed by atoms with Gasteiger partial charge in [-0.25, -0.2) is 0 Å². The molecule has 4 aliphatic heterocycles. The molecule has 2 aromatic heterocycles. The van der Waals surface area contributed by atoms with Crippen molar-refractivity contribution in [2.24, 2.45) is 10.4 Å². The average Bonchev–Trinajstić information content (AvgIpc) is 3.49. The molecule has 18 nitrogen and oxygen atoms in total. The molecule has 20 heteroatoms. The Kier molecular flexibility index (Phi) is 13.2. The van der Waals surface area contributed by atoms with Gasteiger partial charge >= 0.3 is 0 Å². The Bertz CT molecular complexity index is 2710. The fourth-order valence-corrected chi connectivity index (χ4v) is 10.3. The van der Waals surface area contributed by atoms with Crippen molar-refractivity contribution in [2.75, 3.05) is 58.2 Å². The maximum Gasteiger partial charge on any atom is 0.266 e. The first kappa shape index (κ1) is 45.3. The Morgan fingerprint density at radius 2 is 1.70 bits per heavy atom. The van der Waals surface area contributed by atoms with Gasteiger partial charge in [0.1, 0.15) is 23.7 Å². The first-order chi connectivity index (χ1) is 31.9. The van der Waals surface area contributed by atoms with Crippen LogP contribution in [0.4, 0.5) is 0 Å². The minimum atomic E-state index is -1.06. The molecular weight excluding hydrogens is 890 g/mol. The van der Waals surface area contributed by atoms with Gasteiger partial charge in [0, 0.05) is 47.3 Å². The van der Waals surface area contributed by atoms with Gasteiger partial charge in [0.25, 0.3) is 11.8 Å². The lowest BCUT2D eigenvalue weighted by Crippen LogP contribution is -2.58. The Morgan fingerprint density at radius 1 is 0.955 bits per heavy atom. The molecule has 66 heavy (non-hydrogen) atoms. The van der Waals surface area contributed by atoms with Crippen LogP contribution in [0.15, 0.2) is 65.4 Å². The number of allylic oxidation sites excluding steroid dienone is 1. The van der Waals surface area contributed by atoms with E-state index in [0.29, 0.717) is 88.6 Å². The number of aliphatic imine (C=N–C) groups is 1. The lowest BCUT2D eigenvalue weighted by Gasteiger charge is -2.32. The second-order valence-electron chi connectivity index (χ2n) is 16.9. The normalized spacial score (nSPS) is 20.6. The number of carbonyl (C=O) groups excluding carboxylic acids is 5. The average molecular weight is 940 g/mol. The van der Waals surface area contributed by atoms with E-state index >= 15 is 0 Å². The zero-order valence-corrected chi connectivity index (χ0v) is 38.4. The number of ether oxygens (including phenoxy) is 4. The SMILES string of the molecule is CC1=S(C)CC2=C1C(c1ccc(Cl)cc1)=N[C@@H](CC(=O)NCCOCCOCCOCCCn1cc(Oc3cccc4c3C(=O)N(C3CC5(CC5)C(=O)NC3=O)C4=O)cn1)c1nnc(C)n12. The highest BCUT2D eigenvalue weighted by Crippen LogP contribution is 2.52. The number of piperidine rings is 1. The summed E-state index contributed by atoms with van der Waals surface area (Å²) in [5.74, 6) is 0.455. The molecule has 0 bridgehead atoms. The summed E-state index contributed by atoms with van der Waals surface area (Å²) in [6.07, 6.45) is 7.57. The van der Waals surface area contributed by atoms with Crippen LogP contribution in [0, 0.1) is 12.3 Å². The van der Waals surface area contributed by atoms with Gasteiger partial charge in [0.2, 0.25) is 17.7 Å². The number of aryl methyl sites for hydroxylation is 2. The Morgan fingerprint density at radius 3 is 2.45 bits per heavy atom. The summed E-state index contributed by atoms with van der Waals surface area (Å²) in [5.41, 5.74) is 3.51. The number of nitrogens with one attached hydrogen (secondary N) is 2. The van der Waals surface area contributed by atoms with E-state index in [9.17, 15) is 24.0 Å². The molecule has 2 fully saturated rings. The lowest BCUT2D eigenvalue weighted by molar-refractivity contribution is -0.141. The number of amides is 5. The number of aromatic nitrogens is 5. The van der Waals surface area contributed by atoms with E-state index in [1.807, 2.05) is 31.2 Å². The Balaban J connectivity index is 0.656. The first-order valence-corrected chi connectivity index (χ1v) is 24.1. The molecular formula is C46H50ClN9O9S. The summed E-state index contributed by atoms with van der Waals surface area (Å²) in [5, 5.41) is 19.2. The van der Waals surface area contributed by atoms with Crippen LogP contribution in [0.2, 0.25) is 5.02 Å². The molecule has 2 N–H and O–H groups in total. The number of hydrogen-bond acceptors (Lipinski definition) is 13. The van der Waals surface area contributed by atoms with Crippen LogP contribution < -0.4 is 15.4 Å². The Labute approximate surface area is 388 Å². The van der Waals surface area contributed by atoms with Crippen molar-refractivity contribution in [1.29, 1.82) is 0 Å². The zero-order valence-electron chi connectivity index (χ0n) is 36.8. The number of rotatable bonds is 19. The van der Waals surface area contributed by atoms with Crippen molar-refractivity contribution in [1.82, 2.24) is 40.1 Å². The molecule has 5 amide bonds. The molecule has 346 valence electrons. The molecule has 1 spiro atoms. The number of hydrogen-bond donors (Lipinski definition) is 2. The molecule has 4 aromatic rings. The molecule has 9 rings (SSSR count). The minimum absolute atomic E-state index is 0.0292. The maximum atomic E-state index is 13.6. The summed E-state index contributed by atoms with van der Waals surface area (Å²) in [4.78, 5) is 72.7. The van der Waals surface area contributed by atoms with Crippen molar-refractivity contribution >= 4 is 67.9 Å². The van der Waals surface area contributed by atoms with Crippen LogP contribution in [-0.2, 0) is 35.1 Å². The van der Waals surface area contributed by atoms with Crippen molar-refractivity contribution in [3.63, 3.8) is 0 Å². The predicted molar refractivity (Wildman–Crippen MR) is 245 cm³/mol. The fourth-order valence-electron chi connectivity index (χ4n) is 8.75. The van der Waals surface area contributed by atoms with Crippen LogP contribution in [0.25, 0.3) is 5.70 Å². The van der Waals surface area contributed by atoms with Gasteiger partial charge in [-0.05, 0) is 74.9 Å². The van der Waals surface area contributed by atoms with E-state index in [-0.39, 0.29) is 52.0 Å². The second kappa shape index (κ2) is 19.2. The summed E-state index contributed by atoms with van der Waals surface area (Å²) < 4.78 is 26.9. The summed E-state index contributed by atoms with van der Waals surface area (Å²) >= 11 is 6.23. The van der Waals surface area contributed by atoms with Gasteiger partial charge in [-0.3, -0.25) is 48.4 Å². The smallest absolute Gasteiger partial charge is 0.266 e. The van der Waals surface area contributed by atoms with E-state index in [1.54, 1.807) is 23.0 Å². The van der Waals surface area contributed by atoms with Crippen molar-refractivity contribution in [2.45, 2.75) is 64.6 Å². The van der Waals surface area contributed by atoms with Gasteiger partial charge in [-0.2, -0.15) is 15.6 Å². The second-order valence-corrected chi connectivity index (χ2v) is 19.5. The van der Waals surface area contributed by atoms with Gasteiger partial charge in [-0.1, -0.05) is 29.8 Å². The lowest BCUT2D eigenvalue weighted by atomic mass is 9.90. The summed E-state index contributed by atoms with van der Waals surface area (Å²) in [6, 6.07) is 10.8. The number of carbonyl (C=O) groups is 5. The van der Waals surface area contributed by atoms with E-state index in [4.69, 9.17) is 35.5 Å². The molecule has 6 heterocycles. The first-order valence-electron chi connectivity index (χ1n) is 21.9. The molecule has 2 unspecified atom stereocenters. The number of benzene rings is 2. The molecule has 1 aliphatic carbocycles. The van der Waals surface area contributed by atoms with Crippen molar-refractivity contribution in [3.8, 4) is 11.5 Å². The van der Waals surface area contributed by atoms with Gasteiger partial charge in [0.15, 0.2) is 11.6 Å². The van der Waals surface area contributed by atoms with Crippen LogP contribution in [-0.4, -0.2) is 134 Å². The van der Waals surface area contributed by atoms with Crippen LogP contribution in [0.1, 0.15) is 83.0 Å². The third-order valence-electron chi connectivity index (χ3n) is 12.5. The zero-order chi connectivity index (χ0) is 46.1. The number of imide groups is 2. The summed E-state index contributed by atoms with van der Waals surface area (Å²) in [6.45, 7) is 7.29. The standard InChI is InChI=1S/C46H50ClN9O9S/c1-27-38-35(26-66(27)3)55-28(2)52-53-41(55)33(50-40(38)29-8-10-30(47)11-9-29)22-37(57)48-14-17-63-19-21-64-20-18-62-16-5-15-54-25-31(24-49-54)65-36-7-4-6-32-39(36)44(60)56(43(32)59)34-23-46(12-13-46)45(61)51-42(34)58/h4,6-11,24-25,33-34H,5,12-23,26H2,1-3H3,(H,48,57)(H,51,58,61)/t33-,34?,66?/m0/s1. The molecule has 1 saturated carbocycles. The van der Waals surface area contributed by atoms with Gasteiger partial charge in [-0.15, -0.1) is 10.2 Å². The highest BCUT2D eigenvalue weighted by Gasteiger charge is 2.59. The van der Waals surface area contributed by atoms with Gasteiger partial charge < -0.3 is 24.3 Å². The largest absolute Gasteiger partial charge is 0.453 e. The molecule has 3 atom stereocenters. The topological polar surface area (TPSA) is 210 Å². The van der Waals surface area contributed by atoms with Crippen molar-refractivity contribution in [3.05, 3.63) is 93.8 Å². The third kappa shape index (κ3) is 9.14. The number of halogens is 1. The monoisotopic (exact) mass is 939 g/mol. The maximum absolute atomic E-state index is 13.6. The highest BCUT2D eigenvalue weighted by molar-refractivity contribution is 8.16. The summed E-state index contributed by atoms with van der Waals surface area (Å²) in [7, 11) is 0.0292. The molecule has 0 radical (unpaired) electrons. The molecule has 2 aromatic carbocycles. The van der Waals surface area contributed by atoms with Crippen molar-refractivity contribution < 1.29 is 42.9 Å². The minimum Gasteiger partial charge on any atom is -0.453 e. The highest BCUT2D eigenvalue weighted by atomic mass is 35.5. The van der Waals surface area contributed by atoms with Crippen LogP contribution in [0.3, 0.4) is 0 Å².